The number of halogens is 1. The number of carbonyl (C=O) groups excluding carboxylic acids is 1. The monoisotopic (exact) mass is 351 g/mol. The first-order valence-electron chi connectivity index (χ1n) is 7.56. The smallest absolute Gasteiger partial charge is 0.257 e. The average Bonchev–Trinajstić information content (AvgIpc) is 3.09. The highest BCUT2D eigenvalue weighted by molar-refractivity contribution is 7.91. The molecule has 1 aromatic heterocycles. The Labute approximate surface area is 139 Å². The van der Waals surface area contributed by atoms with Crippen LogP contribution in [0.2, 0.25) is 0 Å². The van der Waals surface area contributed by atoms with E-state index in [1.54, 1.807) is 30.8 Å². The van der Waals surface area contributed by atoms with Crippen LogP contribution in [0.5, 0.6) is 0 Å². The molecular weight excluding hydrogens is 333 g/mol. The number of benzene rings is 1. The molecule has 0 radical (unpaired) electrons. The zero-order valence-corrected chi connectivity index (χ0v) is 14.3. The molecule has 0 saturated carbocycles. The van der Waals surface area contributed by atoms with Crippen LogP contribution in [0.15, 0.2) is 30.5 Å². The Balaban J connectivity index is 1.85. The van der Waals surface area contributed by atoms with E-state index in [0.717, 1.165) is 0 Å². The second-order valence-electron chi connectivity index (χ2n) is 6.00. The molecule has 128 valence electrons. The molecule has 1 aliphatic heterocycles. The predicted molar refractivity (Wildman–Crippen MR) is 87.4 cm³/mol. The third kappa shape index (κ3) is 3.06. The molecule has 6 nitrogen and oxygen atoms in total. The van der Waals surface area contributed by atoms with Crippen molar-refractivity contribution in [3.63, 3.8) is 0 Å². The van der Waals surface area contributed by atoms with E-state index in [4.69, 9.17) is 0 Å². The summed E-state index contributed by atoms with van der Waals surface area (Å²) in [6.07, 6.45) is 1.91. The maximum Gasteiger partial charge on any atom is 0.257 e. The third-order valence-corrected chi connectivity index (χ3v) is 6.14. The minimum absolute atomic E-state index is 0.000384. The van der Waals surface area contributed by atoms with Gasteiger partial charge in [-0.05, 0) is 37.6 Å². The molecule has 0 aliphatic carbocycles. The normalized spacial score (nSPS) is 19.4. The molecule has 1 aliphatic rings. The SMILES string of the molecule is Cc1c(C(=O)N(C)C2CCS(=O)(=O)C2)cnn1-c1ccc(F)cc1. The minimum Gasteiger partial charge on any atom is -0.338 e. The number of rotatable bonds is 3. The average molecular weight is 351 g/mol. The molecule has 2 heterocycles. The first kappa shape index (κ1) is 16.6. The van der Waals surface area contributed by atoms with Crippen molar-refractivity contribution in [3.05, 3.63) is 47.5 Å². The highest BCUT2D eigenvalue weighted by Gasteiger charge is 2.33. The fraction of sp³-hybridized carbons (Fsp3) is 0.375. The van der Waals surface area contributed by atoms with Gasteiger partial charge < -0.3 is 4.90 Å². The lowest BCUT2D eigenvalue weighted by atomic mass is 10.1. The molecule has 0 N–H and O–H groups in total. The summed E-state index contributed by atoms with van der Waals surface area (Å²) in [7, 11) is -1.44. The van der Waals surface area contributed by atoms with Crippen LogP contribution >= 0.6 is 0 Å². The van der Waals surface area contributed by atoms with Crippen LogP contribution in [0.3, 0.4) is 0 Å². The molecule has 1 unspecified atom stereocenters. The number of carbonyl (C=O) groups is 1. The predicted octanol–water partition coefficient (Wildman–Crippen LogP) is 1.58. The Morgan fingerprint density at radius 2 is 2.00 bits per heavy atom. The summed E-state index contributed by atoms with van der Waals surface area (Å²) in [4.78, 5) is 14.2. The number of hydrogen-bond acceptors (Lipinski definition) is 4. The van der Waals surface area contributed by atoms with Crippen LogP contribution in [0, 0.1) is 12.7 Å². The van der Waals surface area contributed by atoms with Crippen molar-refractivity contribution in [2.75, 3.05) is 18.6 Å². The number of hydrogen-bond donors (Lipinski definition) is 0. The topological polar surface area (TPSA) is 72.3 Å². The molecule has 1 amide bonds. The Morgan fingerprint density at radius 1 is 1.33 bits per heavy atom. The lowest BCUT2D eigenvalue weighted by Crippen LogP contribution is -2.38. The lowest BCUT2D eigenvalue weighted by Gasteiger charge is -2.23. The molecule has 0 bridgehead atoms. The van der Waals surface area contributed by atoms with E-state index in [0.29, 0.717) is 23.4 Å². The first-order chi connectivity index (χ1) is 11.3. The Bertz CT molecular complexity index is 874. The van der Waals surface area contributed by atoms with Crippen LogP contribution in [-0.2, 0) is 9.84 Å². The van der Waals surface area contributed by atoms with Crippen molar-refractivity contribution < 1.29 is 17.6 Å². The van der Waals surface area contributed by atoms with Crippen molar-refractivity contribution in [3.8, 4) is 5.69 Å². The quantitative estimate of drug-likeness (QED) is 0.842. The van der Waals surface area contributed by atoms with Crippen molar-refractivity contribution in [1.82, 2.24) is 14.7 Å². The highest BCUT2D eigenvalue weighted by atomic mass is 32.2. The second kappa shape index (κ2) is 6.01. The van der Waals surface area contributed by atoms with Gasteiger partial charge in [0.1, 0.15) is 5.82 Å². The van der Waals surface area contributed by atoms with Gasteiger partial charge in [-0.3, -0.25) is 4.79 Å². The van der Waals surface area contributed by atoms with E-state index in [1.807, 2.05) is 0 Å². The van der Waals surface area contributed by atoms with Gasteiger partial charge in [0.2, 0.25) is 0 Å². The fourth-order valence-electron chi connectivity index (χ4n) is 2.90. The molecule has 1 aromatic carbocycles. The molecular formula is C16H18FN3O3S. The summed E-state index contributed by atoms with van der Waals surface area (Å²) < 4.78 is 37.8. The van der Waals surface area contributed by atoms with E-state index >= 15 is 0 Å². The zero-order chi connectivity index (χ0) is 17.5. The van der Waals surface area contributed by atoms with E-state index in [2.05, 4.69) is 5.10 Å². The van der Waals surface area contributed by atoms with Crippen LogP contribution in [-0.4, -0.2) is 53.6 Å². The molecule has 1 saturated heterocycles. The zero-order valence-electron chi connectivity index (χ0n) is 13.4. The molecule has 2 aromatic rings. The van der Waals surface area contributed by atoms with Crippen LogP contribution in [0.4, 0.5) is 4.39 Å². The minimum atomic E-state index is -3.06. The van der Waals surface area contributed by atoms with E-state index in [-0.39, 0.29) is 29.3 Å². The van der Waals surface area contributed by atoms with Gasteiger partial charge >= 0.3 is 0 Å². The van der Waals surface area contributed by atoms with Crippen LogP contribution < -0.4 is 0 Å². The summed E-state index contributed by atoms with van der Waals surface area (Å²) in [5.41, 5.74) is 1.68. The van der Waals surface area contributed by atoms with Gasteiger partial charge in [0.25, 0.3) is 5.91 Å². The second-order valence-corrected chi connectivity index (χ2v) is 8.23. The maximum absolute atomic E-state index is 13.0. The van der Waals surface area contributed by atoms with E-state index in [9.17, 15) is 17.6 Å². The molecule has 24 heavy (non-hydrogen) atoms. The lowest BCUT2D eigenvalue weighted by molar-refractivity contribution is 0.0747. The number of nitrogens with zero attached hydrogens (tertiary/aromatic N) is 3. The van der Waals surface area contributed by atoms with Crippen molar-refractivity contribution in [2.45, 2.75) is 19.4 Å². The molecule has 8 heteroatoms. The highest BCUT2D eigenvalue weighted by Crippen LogP contribution is 2.21. The van der Waals surface area contributed by atoms with Gasteiger partial charge in [0.05, 0.1) is 34.6 Å². The maximum atomic E-state index is 13.0. The third-order valence-electron chi connectivity index (χ3n) is 4.39. The van der Waals surface area contributed by atoms with E-state index < -0.39 is 9.84 Å². The Hall–Kier alpha value is -2.22. The molecule has 1 atom stereocenters. The van der Waals surface area contributed by atoms with E-state index in [1.165, 1.54) is 23.2 Å². The fourth-order valence-corrected chi connectivity index (χ4v) is 4.67. The van der Waals surface area contributed by atoms with Gasteiger partial charge in [0.15, 0.2) is 9.84 Å². The number of sulfone groups is 1. The molecule has 0 spiro atoms. The summed E-state index contributed by atoms with van der Waals surface area (Å²) >= 11 is 0. The van der Waals surface area contributed by atoms with Crippen molar-refractivity contribution in [2.24, 2.45) is 0 Å². The summed E-state index contributed by atoms with van der Waals surface area (Å²) in [6.45, 7) is 1.75. The van der Waals surface area contributed by atoms with Gasteiger partial charge in [0, 0.05) is 13.1 Å². The van der Waals surface area contributed by atoms with Gasteiger partial charge in [-0.1, -0.05) is 0 Å². The van der Waals surface area contributed by atoms with Crippen molar-refractivity contribution in [1.29, 1.82) is 0 Å². The molecule has 3 rings (SSSR count). The first-order valence-corrected chi connectivity index (χ1v) is 9.39. The largest absolute Gasteiger partial charge is 0.338 e. The van der Waals surface area contributed by atoms with Crippen molar-refractivity contribution >= 4 is 15.7 Å². The molecule has 1 fully saturated rings. The number of amides is 1. The van der Waals surface area contributed by atoms with Gasteiger partial charge in [-0.2, -0.15) is 5.10 Å². The summed E-state index contributed by atoms with van der Waals surface area (Å²) in [6, 6.07) is 5.50. The Kier molecular flexibility index (Phi) is 4.16. The standard InChI is InChI=1S/C16H18FN3O3S/c1-11-15(9-18-20(11)13-5-3-12(17)4-6-13)16(21)19(2)14-7-8-24(22,23)10-14/h3-6,9,14H,7-8,10H2,1-2H3. The summed E-state index contributed by atoms with van der Waals surface area (Å²) in [5.74, 6) is -0.492. The number of aromatic nitrogens is 2. The van der Waals surface area contributed by atoms with Gasteiger partial charge in [-0.25, -0.2) is 17.5 Å². The van der Waals surface area contributed by atoms with Crippen LogP contribution in [0.25, 0.3) is 5.69 Å². The van der Waals surface area contributed by atoms with Crippen LogP contribution in [0.1, 0.15) is 22.5 Å². The Morgan fingerprint density at radius 3 is 2.58 bits per heavy atom. The summed E-state index contributed by atoms with van der Waals surface area (Å²) in [5, 5.41) is 4.20. The van der Waals surface area contributed by atoms with Gasteiger partial charge in [-0.15, -0.1) is 0 Å².